The number of nitrogens with zero attached hydrogens (tertiary/aromatic N) is 1. The number of rotatable bonds is 2. The number of aromatic hydroxyl groups is 1. The SMILES string of the molecule is CN1CCCc2c1ccc(C(=O)C(=O)O)c2O. The van der Waals surface area contributed by atoms with Crippen LogP contribution < -0.4 is 4.90 Å². The van der Waals surface area contributed by atoms with Crippen molar-refractivity contribution in [2.45, 2.75) is 12.8 Å². The smallest absolute Gasteiger partial charge is 0.377 e. The predicted molar refractivity (Wildman–Crippen MR) is 61.7 cm³/mol. The van der Waals surface area contributed by atoms with E-state index in [0.29, 0.717) is 12.0 Å². The normalized spacial score (nSPS) is 14.3. The second-order valence-electron chi connectivity index (χ2n) is 4.12. The van der Waals surface area contributed by atoms with Crippen LogP contribution in [0.5, 0.6) is 5.75 Å². The van der Waals surface area contributed by atoms with Crippen LogP contribution in [0.4, 0.5) is 5.69 Å². The molecular formula is C12H13NO4. The van der Waals surface area contributed by atoms with Crippen molar-refractivity contribution < 1.29 is 19.8 Å². The molecular weight excluding hydrogens is 222 g/mol. The second-order valence-corrected chi connectivity index (χ2v) is 4.12. The Morgan fingerprint density at radius 3 is 2.71 bits per heavy atom. The van der Waals surface area contributed by atoms with E-state index >= 15 is 0 Å². The first-order chi connectivity index (χ1) is 8.02. The molecule has 0 aromatic heterocycles. The van der Waals surface area contributed by atoms with Gasteiger partial charge in [0.15, 0.2) is 0 Å². The van der Waals surface area contributed by atoms with Crippen LogP contribution in [0, 0.1) is 0 Å². The van der Waals surface area contributed by atoms with Gasteiger partial charge < -0.3 is 15.1 Å². The number of fused-ring (bicyclic) bond motifs is 1. The molecule has 0 saturated heterocycles. The molecule has 0 spiro atoms. The van der Waals surface area contributed by atoms with Crippen molar-refractivity contribution in [3.05, 3.63) is 23.3 Å². The zero-order valence-electron chi connectivity index (χ0n) is 9.43. The summed E-state index contributed by atoms with van der Waals surface area (Å²) in [5, 5.41) is 18.6. The van der Waals surface area contributed by atoms with Gasteiger partial charge in [-0.15, -0.1) is 0 Å². The molecule has 1 heterocycles. The molecule has 0 fully saturated rings. The number of aliphatic carboxylic acids is 1. The monoisotopic (exact) mass is 235 g/mol. The topological polar surface area (TPSA) is 77.8 Å². The first kappa shape index (κ1) is 11.4. The van der Waals surface area contributed by atoms with Crippen molar-refractivity contribution in [3.8, 4) is 5.75 Å². The maximum atomic E-state index is 11.4. The third kappa shape index (κ3) is 1.84. The molecule has 2 N–H and O–H groups in total. The van der Waals surface area contributed by atoms with Gasteiger partial charge in [-0.25, -0.2) is 4.79 Å². The number of Topliss-reactive ketones (excluding diaryl/α,β-unsaturated/α-hetero) is 1. The van der Waals surface area contributed by atoms with Gasteiger partial charge in [0, 0.05) is 24.8 Å². The van der Waals surface area contributed by atoms with Gasteiger partial charge in [-0.3, -0.25) is 4.79 Å². The van der Waals surface area contributed by atoms with Crippen molar-refractivity contribution in [2.75, 3.05) is 18.5 Å². The quantitative estimate of drug-likeness (QED) is 0.591. The first-order valence-corrected chi connectivity index (χ1v) is 5.36. The lowest BCUT2D eigenvalue weighted by molar-refractivity contribution is -0.131. The van der Waals surface area contributed by atoms with Crippen molar-refractivity contribution in [1.82, 2.24) is 0 Å². The van der Waals surface area contributed by atoms with Crippen LogP contribution in [0.1, 0.15) is 22.3 Å². The average Bonchev–Trinajstić information content (AvgIpc) is 2.30. The minimum absolute atomic E-state index is 0.133. The van der Waals surface area contributed by atoms with E-state index < -0.39 is 11.8 Å². The third-order valence-corrected chi connectivity index (χ3v) is 3.03. The Balaban J connectivity index is 2.53. The minimum Gasteiger partial charge on any atom is -0.507 e. The van der Waals surface area contributed by atoms with E-state index in [2.05, 4.69) is 0 Å². The Labute approximate surface area is 98.3 Å². The molecule has 1 aliphatic rings. The second kappa shape index (κ2) is 4.08. The molecule has 0 bridgehead atoms. The first-order valence-electron chi connectivity index (χ1n) is 5.36. The molecule has 5 heteroatoms. The van der Waals surface area contributed by atoms with E-state index in [9.17, 15) is 14.7 Å². The Kier molecular flexibility index (Phi) is 2.75. The molecule has 90 valence electrons. The number of anilines is 1. The lowest BCUT2D eigenvalue weighted by Gasteiger charge is -2.28. The summed E-state index contributed by atoms with van der Waals surface area (Å²) in [7, 11) is 1.90. The van der Waals surface area contributed by atoms with E-state index in [-0.39, 0.29) is 11.3 Å². The molecule has 0 aliphatic carbocycles. The number of hydrogen-bond acceptors (Lipinski definition) is 4. The van der Waals surface area contributed by atoms with Gasteiger partial charge in [0.1, 0.15) is 5.75 Å². The zero-order valence-corrected chi connectivity index (χ0v) is 9.43. The van der Waals surface area contributed by atoms with Gasteiger partial charge in [-0.2, -0.15) is 0 Å². The van der Waals surface area contributed by atoms with E-state index in [0.717, 1.165) is 18.7 Å². The Morgan fingerprint density at radius 1 is 1.35 bits per heavy atom. The van der Waals surface area contributed by atoms with E-state index in [4.69, 9.17) is 5.11 Å². The van der Waals surface area contributed by atoms with E-state index in [1.54, 1.807) is 6.07 Å². The van der Waals surface area contributed by atoms with Crippen molar-refractivity contribution >= 4 is 17.4 Å². The van der Waals surface area contributed by atoms with Gasteiger partial charge in [-0.05, 0) is 25.0 Å². The summed E-state index contributed by atoms with van der Waals surface area (Å²) in [4.78, 5) is 24.0. The van der Waals surface area contributed by atoms with Crippen molar-refractivity contribution in [3.63, 3.8) is 0 Å². The van der Waals surface area contributed by atoms with E-state index in [1.807, 2.05) is 11.9 Å². The maximum Gasteiger partial charge on any atom is 0.377 e. The Morgan fingerprint density at radius 2 is 2.06 bits per heavy atom. The highest BCUT2D eigenvalue weighted by atomic mass is 16.4. The summed E-state index contributed by atoms with van der Waals surface area (Å²) in [6, 6.07) is 3.05. The molecule has 17 heavy (non-hydrogen) atoms. The largest absolute Gasteiger partial charge is 0.507 e. The number of carboxylic acids is 1. The number of carbonyl (C=O) groups is 2. The van der Waals surface area contributed by atoms with Crippen LogP contribution >= 0.6 is 0 Å². The van der Waals surface area contributed by atoms with E-state index in [1.165, 1.54) is 6.07 Å². The predicted octanol–water partition coefficient (Wildman–Crippen LogP) is 1.04. The molecule has 0 unspecified atom stereocenters. The van der Waals surface area contributed by atoms with Crippen LogP contribution in [0.25, 0.3) is 0 Å². The molecule has 0 saturated carbocycles. The summed E-state index contributed by atoms with van der Waals surface area (Å²) in [5.41, 5.74) is 1.38. The molecule has 1 aliphatic heterocycles. The summed E-state index contributed by atoms with van der Waals surface area (Å²) >= 11 is 0. The Hall–Kier alpha value is -2.04. The number of phenols is 1. The fraction of sp³-hybridized carbons (Fsp3) is 0.333. The number of benzene rings is 1. The minimum atomic E-state index is -1.55. The van der Waals surface area contributed by atoms with Gasteiger partial charge in [0.25, 0.3) is 5.78 Å². The maximum absolute atomic E-state index is 11.4. The summed E-state index contributed by atoms with van der Waals surface area (Å²) in [6.45, 7) is 0.888. The highest BCUT2D eigenvalue weighted by Crippen LogP contribution is 2.35. The van der Waals surface area contributed by atoms with Gasteiger partial charge in [0.2, 0.25) is 0 Å². The van der Waals surface area contributed by atoms with Crippen LogP contribution in [-0.2, 0) is 11.2 Å². The highest BCUT2D eigenvalue weighted by molar-refractivity contribution is 6.40. The molecule has 0 radical (unpaired) electrons. The lowest BCUT2D eigenvalue weighted by Crippen LogP contribution is -2.25. The summed E-state index contributed by atoms with van der Waals surface area (Å²) in [6.07, 6.45) is 1.54. The number of carboxylic acid groups (broad SMARTS) is 1. The number of phenolic OH excluding ortho intramolecular Hbond substituents is 1. The zero-order chi connectivity index (χ0) is 12.6. The molecule has 1 aromatic rings. The van der Waals surface area contributed by atoms with Crippen LogP contribution in [-0.4, -0.2) is 35.6 Å². The molecule has 2 rings (SSSR count). The fourth-order valence-corrected chi connectivity index (χ4v) is 2.14. The lowest BCUT2D eigenvalue weighted by atomic mass is 9.96. The van der Waals surface area contributed by atoms with Crippen LogP contribution in [0.3, 0.4) is 0 Å². The van der Waals surface area contributed by atoms with Crippen molar-refractivity contribution in [1.29, 1.82) is 0 Å². The molecule has 1 aromatic carbocycles. The average molecular weight is 235 g/mol. The summed E-state index contributed by atoms with van der Waals surface area (Å²) in [5.74, 6) is -2.82. The number of ketones is 1. The van der Waals surface area contributed by atoms with Gasteiger partial charge in [-0.1, -0.05) is 0 Å². The number of hydrogen-bond donors (Lipinski definition) is 2. The molecule has 0 atom stereocenters. The van der Waals surface area contributed by atoms with Gasteiger partial charge >= 0.3 is 5.97 Å². The fourth-order valence-electron chi connectivity index (χ4n) is 2.14. The highest BCUT2D eigenvalue weighted by Gasteiger charge is 2.24. The molecule has 0 amide bonds. The number of carbonyl (C=O) groups excluding carboxylic acids is 1. The third-order valence-electron chi connectivity index (χ3n) is 3.03. The molecule has 5 nitrogen and oxygen atoms in total. The van der Waals surface area contributed by atoms with Crippen LogP contribution in [0.2, 0.25) is 0 Å². The van der Waals surface area contributed by atoms with Crippen molar-refractivity contribution in [2.24, 2.45) is 0 Å². The van der Waals surface area contributed by atoms with Gasteiger partial charge in [0.05, 0.1) is 5.56 Å². The standard InChI is InChI=1S/C12H13NO4/c1-13-6-2-3-7-9(13)5-4-8(10(7)14)11(15)12(16)17/h4-5,14H,2-3,6H2,1H3,(H,16,17). The summed E-state index contributed by atoms with van der Waals surface area (Å²) < 4.78 is 0. The van der Waals surface area contributed by atoms with Crippen LogP contribution in [0.15, 0.2) is 12.1 Å². The Bertz CT molecular complexity index is 496.